The maximum atomic E-state index is 13.5. The first-order chi connectivity index (χ1) is 19.9. The lowest BCUT2D eigenvalue weighted by Gasteiger charge is -2.54. The molecule has 8 heteroatoms. The number of nitrogens with zero attached hydrogens (tertiary/aromatic N) is 1. The Bertz CT molecular complexity index is 1360. The van der Waals surface area contributed by atoms with Crippen molar-refractivity contribution in [2.45, 2.75) is 109 Å². The molecule has 2 aliphatic rings. The summed E-state index contributed by atoms with van der Waals surface area (Å²) in [6.07, 6.45) is 12.6. The van der Waals surface area contributed by atoms with Crippen LogP contribution in [0.1, 0.15) is 99.5 Å². The van der Waals surface area contributed by atoms with Crippen molar-refractivity contribution in [1.82, 2.24) is 10.2 Å². The SMILES string of the molecule is Cc1ccccc1-c1cc(CN(C(C)C)C2(CC3CCCCC3)CCC2)ccc1C(=O)NC(CCS(C)(=O)=O)C(=O)O. The molecule has 0 bridgehead atoms. The second-order valence-electron chi connectivity index (χ2n) is 13.0. The third-order valence-corrected chi connectivity index (χ3v) is 10.4. The number of amides is 1. The zero-order chi connectivity index (χ0) is 30.5. The van der Waals surface area contributed by atoms with Crippen LogP contribution in [0.2, 0.25) is 0 Å². The van der Waals surface area contributed by atoms with Gasteiger partial charge in [-0.15, -0.1) is 0 Å². The van der Waals surface area contributed by atoms with Crippen LogP contribution in [0.4, 0.5) is 0 Å². The fourth-order valence-corrected chi connectivity index (χ4v) is 7.69. The van der Waals surface area contributed by atoms with Crippen molar-refractivity contribution in [2.24, 2.45) is 5.92 Å². The smallest absolute Gasteiger partial charge is 0.326 e. The Morgan fingerprint density at radius 1 is 1.02 bits per heavy atom. The molecule has 0 aromatic heterocycles. The summed E-state index contributed by atoms with van der Waals surface area (Å²) in [5.74, 6) is -1.29. The van der Waals surface area contributed by atoms with Crippen LogP contribution in [0.15, 0.2) is 42.5 Å². The first-order valence-electron chi connectivity index (χ1n) is 15.6. The van der Waals surface area contributed by atoms with E-state index in [-0.39, 0.29) is 17.7 Å². The van der Waals surface area contributed by atoms with E-state index in [0.717, 1.165) is 41.0 Å². The molecule has 4 rings (SSSR count). The number of carboxylic acid groups (broad SMARTS) is 1. The molecule has 2 aliphatic carbocycles. The molecule has 7 nitrogen and oxygen atoms in total. The largest absolute Gasteiger partial charge is 0.480 e. The molecule has 0 aliphatic heterocycles. The highest BCUT2D eigenvalue weighted by Gasteiger charge is 2.44. The lowest BCUT2D eigenvalue weighted by Crippen LogP contribution is -2.57. The van der Waals surface area contributed by atoms with Gasteiger partial charge in [-0.05, 0) is 93.2 Å². The number of sulfone groups is 1. The minimum atomic E-state index is -3.37. The van der Waals surface area contributed by atoms with Crippen molar-refractivity contribution in [3.05, 3.63) is 59.2 Å². The molecule has 2 aromatic rings. The molecule has 230 valence electrons. The third kappa shape index (κ3) is 8.01. The maximum absolute atomic E-state index is 13.5. The van der Waals surface area contributed by atoms with Gasteiger partial charge in [-0.1, -0.05) is 62.4 Å². The van der Waals surface area contributed by atoms with E-state index in [1.807, 2.05) is 37.3 Å². The Morgan fingerprint density at radius 3 is 2.29 bits per heavy atom. The van der Waals surface area contributed by atoms with E-state index in [1.54, 1.807) is 6.07 Å². The lowest BCUT2D eigenvalue weighted by molar-refractivity contribution is -0.139. The topological polar surface area (TPSA) is 104 Å². The van der Waals surface area contributed by atoms with Crippen LogP contribution >= 0.6 is 0 Å². The quantitative estimate of drug-likeness (QED) is 0.278. The highest BCUT2D eigenvalue weighted by molar-refractivity contribution is 7.90. The van der Waals surface area contributed by atoms with Crippen LogP contribution < -0.4 is 5.32 Å². The molecule has 2 aromatic carbocycles. The summed E-state index contributed by atoms with van der Waals surface area (Å²) in [5, 5.41) is 12.3. The van der Waals surface area contributed by atoms with E-state index in [2.05, 4.69) is 30.1 Å². The molecule has 2 saturated carbocycles. The van der Waals surface area contributed by atoms with E-state index in [9.17, 15) is 23.1 Å². The van der Waals surface area contributed by atoms with Gasteiger partial charge in [-0.3, -0.25) is 9.69 Å². The molecule has 0 spiro atoms. The van der Waals surface area contributed by atoms with Gasteiger partial charge in [0.05, 0.1) is 5.75 Å². The van der Waals surface area contributed by atoms with E-state index >= 15 is 0 Å². The van der Waals surface area contributed by atoms with Crippen LogP contribution in [0.5, 0.6) is 0 Å². The number of aliphatic carboxylic acids is 1. The molecule has 0 heterocycles. The monoisotopic (exact) mass is 596 g/mol. The predicted molar refractivity (Wildman–Crippen MR) is 168 cm³/mol. The average molecular weight is 597 g/mol. The summed E-state index contributed by atoms with van der Waals surface area (Å²) in [6, 6.07) is 12.9. The van der Waals surface area contributed by atoms with E-state index in [1.165, 1.54) is 57.8 Å². The minimum Gasteiger partial charge on any atom is -0.480 e. The molecule has 1 amide bonds. The zero-order valence-corrected chi connectivity index (χ0v) is 26.5. The van der Waals surface area contributed by atoms with Crippen LogP contribution in [-0.4, -0.2) is 59.9 Å². The van der Waals surface area contributed by atoms with Gasteiger partial charge in [0.15, 0.2) is 0 Å². The molecule has 0 radical (unpaired) electrons. The highest BCUT2D eigenvalue weighted by Crippen LogP contribution is 2.47. The normalized spacial score (nSPS) is 18.0. The fraction of sp³-hybridized carbons (Fsp3) is 0.588. The zero-order valence-electron chi connectivity index (χ0n) is 25.7. The van der Waals surface area contributed by atoms with Gasteiger partial charge in [0, 0.05) is 29.9 Å². The van der Waals surface area contributed by atoms with E-state index < -0.39 is 27.8 Å². The van der Waals surface area contributed by atoms with Gasteiger partial charge < -0.3 is 10.4 Å². The Labute approximate surface area is 252 Å². The van der Waals surface area contributed by atoms with Gasteiger partial charge in [0.1, 0.15) is 15.9 Å². The maximum Gasteiger partial charge on any atom is 0.326 e. The standard InChI is InChI=1S/C34H48N2O5S/c1-24(2)36(34(18-10-19-34)22-26-12-6-5-7-13-26)23-27-15-16-29(30(21-27)28-14-9-8-11-25(28)3)32(37)35-31(33(38)39)17-20-42(4,40)41/h8-9,11,14-16,21,24,26,31H,5-7,10,12-13,17-20,22-23H2,1-4H3,(H,35,37)(H,38,39). The lowest BCUT2D eigenvalue weighted by atomic mass is 9.67. The van der Waals surface area contributed by atoms with Crippen LogP contribution in [-0.2, 0) is 21.2 Å². The molecule has 42 heavy (non-hydrogen) atoms. The Balaban J connectivity index is 1.64. The number of carbonyl (C=O) groups excluding carboxylic acids is 1. The molecule has 0 saturated heterocycles. The number of aryl methyl sites for hydroxylation is 1. The van der Waals surface area contributed by atoms with Crippen molar-refractivity contribution >= 4 is 21.7 Å². The van der Waals surface area contributed by atoms with Gasteiger partial charge in [0.2, 0.25) is 0 Å². The second-order valence-corrected chi connectivity index (χ2v) is 15.2. The number of rotatable bonds is 13. The van der Waals surface area contributed by atoms with E-state index in [4.69, 9.17) is 0 Å². The highest BCUT2D eigenvalue weighted by atomic mass is 32.2. The molecular weight excluding hydrogens is 548 g/mol. The van der Waals surface area contributed by atoms with Crippen molar-refractivity contribution in [3.63, 3.8) is 0 Å². The molecule has 2 N–H and O–H groups in total. The van der Waals surface area contributed by atoms with Gasteiger partial charge >= 0.3 is 5.97 Å². The molecule has 1 atom stereocenters. The number of nitrogens with one attached hydrogen (secondary N) is 1. The third-order valence-electron chi connectivity index (χ3n) is 9.41. The average Bonchev–Trinajstić information content (AvgIpc) is 2.91. The summed E-state index contributed by atoms with van der Waals surface area (Å²) < 4.78 is 23.3. The number of hydrogen-bond donors (Lipinski definition) is 2. The van der Waals surface area contributed by atoms with E-state index in [0.29, 0.717) is 11.6 Å². The van der Waals surface area contributed by atoms with Crippen LogP contribution in [0.25, 0.3) is 11.1 Å². The van der Waals surface area contributed by atoms with Crippen molar-refractivity contribution in [1.29, 1.82) is 0 Å². The number of carbonyl (C=O) groups is 2. The Hall–Kier alpha value is -2.71. The first-order valence-corrected chi connectivity index (χ1v) is 17.6. The molecule has 1 unspecified atom stereocenters. The van der Waals surface area contributed by atoms with Crippen molar-refractivity contribution in [3.8, 4) is 11.1 Å². The van der Waals surface area contributed by atoms with Crippen LogP contribution in [0, 0.1) is 12.8 Å². The number of carboxylic acids is 1. The second kappa shape index (κ2) is 13.7. The number of hydrogen-bond acceptors (Lipinski definition) is 5. The Morgan fingerprint density at radius 2 is 1.71 bits per heavy atom. The predicted octanol–water partition coefficient (Wildman–Crippen LogP) is 6.38. The summed E-state index contributed by atoms with van der Waals surface area (Å²) >= 11 is 0. The van der Waals surface area contributed by atoms with Crippen molar-refractivity contribution in [2.75, 3.05) is 12.0 Å². The first kappa shape index (κ1) is 32.2. The fourth-order valence-electron chi connectivity index (χ4n) is 7.03. The summed E-state index contributed by atoms with van der Waals surface area (Å²) in [4.78, 5) is 28.1. The van der Waals surface area contributed by atoms with Crippen molar-refractivity contribution < 1.29 is 23.1 Å². The van der Waals surface area contributed by atoms with Crippen LogP contribution in [0.3, 0.4) is 0 Å². The van der Waals surface area contributed by atoms with Gasteiger partial charge in [-0.25, -0.2) is 13.2 Å². The molecular formula is C34H48N2O5S. The summed E-state index contributed by atoms with van der Waals surface area (Å²) in [5.41, 5.74) is 4.43. The van der Waals surface area contributed by atoms with Gasteiger partial charge in [0.25, 0.3) is 5.91 Å². The van der Waals surface area contributed by atoms with Gasteiger partial charge in [-0.2, -0.15) is 0 Å². The number of benzene rings is 2. The molecule has 2 fully saturated rings. The summed E-state index contributed by atoms with van der Waals surface area (Å²) in [7, 11) is -3.37. The summed E-state index contributed by atoms with van der Waals surface area (Å²) in [6.45, 7) is 7.36. The minimum absolute atomic E-state index is 0.190. The Kier molecular flexibility index (Phi) is 10.5.